The average molecular weight is 261 g/mol. The molecule has 0 bridgehead atoms. The first-order valence-electron chi connectivity index (χ1n) is 6.46. The molecular weight excluding hydrogens is 242 g/mol. The maximum atomic E-state index is 11.9. The molecule has 0 aromatic heterocycles. The second-order valence-corrected chi connectivity index (χ2v) is 5.36. The molecule has 102 valence electrons. The van der Waals surface area contributed by atoms with Crippen molar-refractivity contribution in [1.29, 1.82) is 0 Å². The Kier molecular flexibility index (Phi) is 3.35. The third-order valence-corrected chi connectivity index (χ3v) is 4.20. The van der Waals surface area contributed by atoms with Crippen molar-refractivity contribution in [1.82, 2.24) is 5.32 Å². The van der Waals surface area contributed by atoms with Crippen LogP contribution in [0.15, 0.2) is 12.1 Å². The van der Waals surface area contributed by atoms with Gasteiger partial charge in [-0.05, 0) is 55.9 Å². The Morgan fingerprint density at radius 2 is 1.84 bits per heavy atom. The van der Waals surface area contributed by atoms with Gasteiger partial charge < -0.3 is 10.4 Å². The van der Waals surface area contributed by atoms with E-state index in [0.29, 0.717) is 19.4 Å². The maximum absolute atomic E-state index is 11.9. The standard InChI is InChI=1S/C15H19NO3/c1-9-4-5-12(11(3)10(9)2)8-16-13(17)15(6-7-15)14(18)19/h4-5H,6-8H2,1-3H3,(H,16,17)(H,18,19). The fourth-order valence-corrected chi connectivity index (χ4v) is 2.21. The van der Waals surface area contributed by atoms with Gasteiger partial charge in [0, 0.05) is 6.54 Å². The molecule has 0 radical (unpaired) electrons. The maximum Gasteiger partial charge on any atom is 0.319 e. The van der Waals surface area contributed by atoms with E-state index in [1.807, 2.05) is 26.0 Å². The second kappa shape index (κ2) is 4.68. The Morgan fingerprint density at radius 1 is 1.21 bits per heavy atom. The molecule has 4 nitrogen and oxygen atoms in total. The SMILES string of the molecule is Cc1ccc(CNC(=O)C2(C(=O)O)CC2)c(C)c1C. The molecule has 4 heteroatoms. The van der Waals surface area contributed by atoms with Gasteiger partial charge in [-0.1, -0.05) is 12.1 Å². The summed E-state index contributed by atoms with van der Waals surface area (Å²) in [6.45, 7) is 6.51. The summed E-state index contributed by atoms with van der Waals surface area (Å²) in [6.07, 6.45) is 0.889. The van der Waals surface area contributed by atoms with E-state index < -0.39 is 11.4 Å². The fraction of sp³-hybridized carbons (Fsp3) is 0.467. The van der Waals surface area contributed by atoms with Crippen LogP contribution >= 0.6 is 0 Å². The van der Waals surface area contributed by atoms with Crippen molar-refractivity contribution in [3.05, 3.63) is 34.4 Å². The summed E-state index contributed by atoms with van der Waals surface area (Å²) in [4.78, 5) is 23.0. The molecule has 0 unspecified atom stereocenters. The first kappa shape index (κ1) is 13.6. The predicted molar refractivity (Wildman–Crippen MR) is 71.8 cm³/mol. The summed E-state index contributed by atoms with van der Waals surface area (Å²) in [5.74, 6) is -1.38. The lowest BCUT2D eigenvalue weighted by Crippen LogP contribution is -2.36. The highest BCUT2D eigenvalue weighted by molar-refractivity contribution is 6.04. The molecule has 2 N–H and O–H groups in total. The van der Waals surface area contributed by atoms with E-state index in [4.69, 9.17) is 5.11 Å². The Bertz CT molecular complexity index is 545. The molecule has 1 fully saturated rings. The van der Waals surface area contributed by atoms with Gasteiger partial charge >= 0.3 is 5.97 Å². The van der Waals surface area contributed by atoms with Gasteiger partial charge in [0.05, 0.1) is 0 Å². The van der Waals surface area contributed by atoms with Crippen molar-refractivity contribution < 1.29 is 14.7 Å². The van der Waals surface area contributed by atoms with Crippen LogP contribution in [-0.4, -0.2) is 17.0 Å². The van der Waals surface area contributed by atoms with E-state index in [0.717, 1.165) is 11.1 Å². The van der Waals surface area contributed by atoms with Crippen LogP contribution in [0.2, 0.25) is 0 Å². The Hall–Kier alpha value is -1.84. The van der Waals surface area contributed by atoms with Crippen molar-refractivity contribution in [2.75, 3.05) is 0 Å². The lowest BCUT2D eigenvalue weighted by molar-refractivity contribution is -0.149. The lowest BCUT2D eigenvalue weighted by Gasteiger charge is -2.14. The minimum absolute atomic E-state index is 0.363. The summed E-state index contributed by atoms with van der Waals surface area (Å²) >= 11 is 0. The van der Waals surface area contributed by atoms with Crippen molar-refractivity contribution in [3.63, 3.8) is 0 Å². The van der Waals surface area contributed by atoms with Crippen LogP contribution in [0, 0.1) is 26.2 Å². The minimum Gasteiger partial charge on any atom is -0.480 e. The largest absolute Gasteiger partial charge is 0.480 e. The number of carboxylic acid groups (broad SMARTS) is 1. The third kappa shape index (κ3) is 2.35. The molecule has 0 atom stereocenters. The summed E-state index contributed by atoms with van der Waals surface area (Å²) in [6, 6.07) is 4.01. The number of amides is 1. The monoisotopic (exact) mass is 261 g/mol. The molecular formula is C15H19NO3. The number of carbonyl (C=O) groups excluding carboxylic acids is 1. The van der Waals surface area contributed by atoms with Crippen LogP contribution in [0.3, 0.4) is 0 Å². The van der Waals surface area contributed by atoms with Crippen molar-refractivity contribution >= 4 is 11.9 Å². The number of carboxylic acids is 1. The van der Waals surface area contributed by atoms with Crippen LogP contribution in [0.4, 0.5) is 0 Å². The smallest absolute Gasteiger partial charge is 0.319 e. The van der Waals surface area contributed by atoms with Crippen molar-refractivity contribution in [3.8, 4) is 0 Å². The van der Waals surface area contributed by atoms with Gasteiger partial charge in [0.25, 0.3) is 0 Å². The molecule has 1 aromatic carbocycles. The Balaban J connectivity index is 2.06. The number of aryl methyl sites for hydroxylation is 1. The topological polar surface area (TPSA) is 66.4 Å². The number of nitrogens with one attached hydrogen (secondary N) is 1. The fourth-order valence-electron chi connectivity index (χ4n) is 2.21. The van der Waals surface area contributed by atoms with Gasteiger partial charge in [-0.3, -0.25) is 9.59 Å². The highest BCUT2D eigenvalue weighted by atomic mass is 16.4. The molecule has 2 rings (SSSR count). The number of carbonyl (C=O) groups is 2. The molecule has 0 saturated heterocycles. The highest BCUT2D eigenvalue weighted by Crippen LogP contribution is 2.46. The third-order valence-electron chi connectivity index (χ3n) is 4.20. The van der Waals surface area contributed by atoms with E-state index in [1.165, 1.54) is 11.1 Å². The van der Waals surface area contributed by atoms with E-state index in [1.54, 1.807) is 0 Å². The normalized spacial score (nSPS) is 15.9. The molecule has 19 heavy (non-hydrogen) atoms. The Labute approximate surface area is 112 Å². The molecule has 1 aliphatic carbocycles. The number of rotatable bonds is 4. The number of aliphatic carboxylic acids is 1. The van der Waals surface area contributed by atoms with Crippen LogP contribution in [-0.2, 0) is 16.1 Å². The Morgan fingerprint density at radius 3 is 2.37 bits per heavy atom. The molecule has 0 heterocycles. The first-order chi connectivity index (χ1) is 8.88. The zero-order chi connectivity index (χ0) is 14.2. The quantitative estimate of drug-likeness (QED) is 0.816. The number of benzene rings is 1. The molecule has 1 aliphatic rings. The van der Waals surface area contributed by atoms with Crippen molar-refractivity contribution in [2.24, 2.45) is 5.41 Å². The molecule has 0 aliphatic heterocycles. The zero-order valence-corrected chi connectivity index (χ0v) is 11.5. The van der Waals surface area contributed by atoms with Gasteiger partial charge in [0.2, 0.25) is 5.91 Å². The molecule has 0 spiro atoms. The van der Waals surface area contributed by atoms with Gasteiger partial charge in [0.1, 0.15) is 5.41 Å². The molecule has 1 amide bonds. The van der Waals surface area contributed by atoms with Gasteiger partial charge in [-0.25, -0.2) is 0 Å². The average Bonchev–Trinajstić information content (AvgIpc) is 3.16. The number of hydrogen-bond acceptors (Lipinski definition) is 2. The first-order valence-corrected chi connectivity index (χ1v) is 6.46. The van der Waals surface area contributed by atoms with Crippen LogP contribution in [0.1, 0.15) is 35.1 Å². The second-order valence-electron chi connectivity index (χ2n) is 5.36. The summed E-state index contributed by atoms with van der Waals surface area (Å²) < 4.78 is 0. The lowest BCUT2D eigenvalue weighted by atomic mass is 9.98. The zero-order valence-electron chi connectivity index (χ0n) is 11.5. The molecule has 1 saturated carbocycles. The summed E-state index contributed by atoms with van der Waals surface area (Å²) in [5, 5.41) is 11.8. The van der Waals surface area contributed by atoms with Crippen molar-refractivity contribution in [2.45, 2.75) is 40.2 Å². The van der Waals surface area contributed by atoms with E-state index >= 15 is 0 Å². The minimum atomic E-state index is -1.16. The van der Waals surface area contributed by atoms with E-state index in [-0.39, 0.29) is 5.91 Å². The highest BCUT2D eigenvalue weighted by Gasteiger charge is 2.56. The predicted octanol–water partition coefficient (Wildman–Crippen LogP) is 2.09. The van der Waals surface area contributed by atoms with Gasteiger partial charge in [0.15, 0.2) is 0 Å². The summed E-state index contributed by atoms with van der Waals surface area (Å²) in [7, 11) is 0. The van der Waals surface area contributed by atoms with E-state index in [2.05, 4.69) is 12.2 Å². The van der Waals surface area contributed by atoms with Gasteiger partial charge in [-0.15, -0.1) is 0 Å². The molecule has 1 aromatic rings. The number of hydrogen-bond donors (Lipinski definition) is 2. The van der Waals surface area contributed by atoms with Gasteiger partial charge in [-0.2, -0.15) is 0 Å². The summed E-state index contributed by atoms with van der Waals surface area (Å²) in [5.41, 5.74) is 3.47. The van der Waals surface area contributed by atoms with Crippen LogP contribution in [0.5, 0.6) is 0 Å². The van der Waals surface area contributed by atoms with Crippen LogP contribution < -0.4 is 5.32 Å². The van der Waals surface area contributed by atoms with Crippen LogP contribution in [0.25, 0.3) is 0 Å². The van der Waals surface area contributed by atoms with E-state index in [9.17, 15) is 9.59 Å².